The van der Waals surface area contributed by atoms with Gasteiger partial charge in [-0.25, -0.2) is 0 Å². The molecule has 0 radical (unpaired) electrons. The van der Waals surface area contributed by atoms with Crippen LogP contribution >= 0.6 is 0 Å². The maximum Gasteiger partial charge on any atom is 0.314 e. The Labute approximate surface area is 142 Å². The molecular weight excluding hydrogens is 302 g/mol. The average Bonchev–Trinajstić information content (AvgIpc) is 2.55. The maximum atomic E-state index is 12.2. The van der Waals surface area contributed by atoms with Crippen molar-refractivity contribution in [3.63, 3.8) is 0 Å². The van der Waals surface area contributed by atoms with Crippen LogP contribution in [0, 0.1) is 0 Å². The highest BCUT2D eigenvalue weighted by atomic mass is 16.2. The third kappa shape index (κ3) is 4.35. The van der Waals surface area contributed by atoms with Gasteiger partial charge in [0.05, 0.1) is 0 Å². The van der Waals surface area contributed by atoms with Gasteiger partial charge in [0.25, 0.3) is 0 Å². The van der Waals surface area contributed by atoms with Crippen molar-refractivity contribution in [3.05, 3.63) is 54.1 Å². The van der Waals surface area contributed by atoms with Crippen LogP contribution in [0.25, 0.3) is 0 Å². The van der Waals surface area contributed by atoms with Crippen molar-refractivity contribution in [2.75, 3.05) is 29.6 Å². The maximum absolute atomic E-state index is 12.2. The van der Waals surface area contributed by atoms with E-state index in [1.54, 1.807) is 12.1 Å². The molecule has 2 N–H and O–H groups in total. The average molecular weight is 325 g/mol. The van der Waals surface area contributed by atoms with Crippen LogP contribution < -0.4 is 15.5 Å². The minimum absolute atomic E-state index is 0.251. The largest absolute Gasteiger partial charge is 0.378 e. The first-order valence-electron chi connectivity index (χ1n) is 7.87. The number of hydrogen-bond acceptors (Lipinski definition) is 3. The summed E-state index contributed by atoms with van der Waals surface area (Å²) in [5.74, 6) is -1.12. The van der Waals surface area contributed by atoms with E-state index in [0.717, 1.165) is 11.3 Å². The van der Waals surface area contributed by atoms with E-state index in [4.69, 9.17) is 0 Å². The van der Waals surface area contributed by atoms with Crippen LogP contribution in [0.15, 0.2) is 48.5 Å². The normalized spacial score (nSPS) is 10.4. The van der Waals surface area contributed by atoms with Crippen molar-refractivity contribution >= 4 is 28.9 Å². The molecule has 24 heavy (non-hydrogen) atoms. The Morgan fingerprint density at radius 3 is 2.25 bits per heavy atom. The van der Waals surface area contributed by atoms with Gasteiger partial charge in [-0.05, 0) is 35.7 Å². The van der Waals surface area contributed by atoms with Crippen molar-refractivity contribution in [1.82, 2.24) is 0 Å². The van der Waals surface area contributed by atoms with E-state index in [0.29, 0.717) is 11.4 Å². The molecule has 0 fully saturated rings. The Hall–Kier alpha value is -2.82. The first kappa shape index (κ1) is 17.5. The minimum atomic E-state index is -0.690. The van der Waals surface area contributed by atoms with Crippen LogP contribution in [-0.4, -0.2) is 25.9 Å². The Kier molecular flexibility index (Phi) is 5.58. The summed E-state index contributed by atoms with van der Waals surface area (Å²) in [6.45, 7) is 4.08. The third-order valence-electron chi connectivity index (χ3n) is 3.66. The summed E-state index contributed by atoms with van der Waals surface area (Å²) in [7, 11) is 3.83. The highest BCUT2D eigenvalue weighted by molar-refractivity contribution is 6.43. The van der Waals surface area contributed by atoms with E-state index in [2.05, 4.69) is 10.6 Å². The second kappa shape index (κ2) is 7.64. The zero-order chi connectivity index (χ0) is 17.7. The van der Waals surface area contributed by atoms with Gasteiger partial charge in [0.15, 0.2) is 0 Å². The molecular formula is C19H23N3O2. The molecule has 2 aromatic carbocycles. The molecule has 5 heteroatoms. The number of nitrogens with zero attached hydrogens (tertiary/aromatic N) is 1. The van der Waals surface area contributed by atoms with Gasteiger partial charge in [0, 0.05) is 31.2 Å². The molecule has 2 rings (SSSR count). The quantitative estimate of drug-likeness (QED) is 0.846. The zero-order valence-electron chi connectivity index (χ0n) is 14.5. The van der Waals surface area contributed by atoms with E-state index in [-0.39, 0.29) is 5.92 Å². The number of amides is 2. The van der Waals surface area contributed by atoms with Gasteiger partial charge in [-0.2, -0.15) is 0 Å². The molecule has 0 bridgehead atoms. The lowest BCUT2D eigenvalue weighted by Gasteiger charge is -2.15. The fourth-order valence-corrected chi connectivity index (χ4v) is 2.34. The summed E-state index contributed by atoms with van der Waals surface area (Å²) in [4.78, 5) is 26.2. The van der Waals surface area contributed by atoms with Crippen LogP contribution in [0.5, 0.6) is 0 Å². The molecule has 0 aliphatic carbocycles. The van der Waals surface area contributed by atoms with E-state index in [1.165, 1.54) is 0 Å². The van der Waals surface area contributed by atoms with E-state index >= 15 is 0 Å². The molecule has 5 nitrogen and oxygen atoms in total. The molecule has 0 aliphatic rings. The van der Waals surface area contributed by atoms with Crippen molar-refractivity contribution in [2.45, 2.75) is 19.8 Å². The predicted molar refractivity (Wildman–Crippen MR) is 98.6 cm³/mol. The molecule has 2 amide bonds. The summed E-state index contributed by atoms with van der Waals surface area (Å²) >= 11 is 0. The number of hydrogen-bond donors (Lipinski definition) is 2. The lowest BCUT2D eigenvalue weighted by Crippen LogP contribution is -2.29. The van der Waals surface area contributed by atoms with Crippen LogP contribution in [0.4, 0.5) is 17.1 Å². The molecule has 0 aromatic heterocycles. The Bertz CT molecular complexity index is 739. The Morgan fingerprint density at radius 1 is 0.917 bits per heavy atom. The van der Waals surface area contributed by atoms with Gasteiger partial charge in [-0.1, -0.05) is 38.1 Å². The van der Waals surface area contributed by atoms with Gasteiger partial charge in [-0.3, -0.25) is 9.59 Å². The van der Waals surface area contributed by atoms with Crippen molar-refractivity contribution in [2.24, 2.45) is 0 Å². The number of rotatable bonds is 4. The van der Waals surface area contributed by atoms with Crippen LogP contribution in [0.2, 0.25) is 0 Å². The monoisotopic (exact) mass is 325 g/mol. The summed E-state index contributed by atoms with van der Waals surface area (Å²) < 4.78 is 0. The molecule has 0 heterocycles. The molecule has 0 unspecified atom stereocenters. The highest BCUT2D eigenvalue weighted by Crippen LogP contribution is 2.23. The lowest BCUT2D eigenvalue weighted by atomic mass is 10.0. The molecule has 0 atom stereocenters. The molecule has 0 aliphatic heterocycles. The topological polar surface area (TPSA) is 61.4 Å². The molecule has 0 spiro atoms. The second-order valence-electron chi connectivity index (χ2n) is 6.09. The van der Waals surface area contributed by atoms with Gasteiger partial charge in [0.2, 0.25) is 0 Å². The number of carbonyl (C=O) groups excluding carboxylic acids is 2. The third-order valence-corrected chi connectivity index (χ3v) is 3.66. The smallest absolute Gasteiger partial charge is 0.314 e. The first-order valence-corrected chi connectivity index (χ1v) is 7.87. The molecule has 0 saturated heterocycles. The Morgan fingerprint density at radius 2 is 1.58 bits per heavy atom. The molecule has 0 saturated carbocycles. The minimum Gasteiger partial charge on any atom is -0.378 e. The summed E-state index contributed by atoms with van der Waals surface area (Å²) in [6.07, 6.45) is 0. The zero-order valence-corrected chi connectivity index (χ0v) is 14.5. The molecule has 126 valence electrons. The SMILES string of the molecule is CC(C)c1ccccc1NC(=O)C(=O)Nc1cccc(N(C)C)c1. The second-order valence-corrected chi connectivity index (χ2v) is 6.09. The standard InChI is InChI=1S/C19H23N3O2/c1-13(2)16-10-5-6-11-17(16)21-19(24)18(23)20-14-8-7-9-15(12-14)22(3)4/h5-13H,1-4H3,(H,20,23)(H,21,24). The van der Waals surface area contributed by atoms with Crippen molar-refractivity contribution in [1.29, 1.82) is 0 Å². The number of anilines is 3. The van der Waals surface area contributed by atoms with E-state index in [9.17, 15) is 9.59 Å². The van der Waals surface area contributed by atoms with E-state index < -0.39 is 11.8 Å². The number of nitrogens with one attached hydrogen (secondary N) is 2. The highest BCUT2D eigenvalue weighted by Gasteiger charge is 2.16. The van der Waals surface area contributed by atoms with Crippen LogP contribution in [-0.2, 0) is 9.59 Å². The number of para-hydroxylation sites is 1. The van der Waals surface area contributed by atoms with Crippen molar-refractivity contribution < 1.29 is 9.59 Å². The van der Waals surface area contributed by atoms with E-state index in [1.807, 2.05) is 69.2 Å². The van der Waals surface area contributed by atoms with Gasteiger partial charge in [0.1, 0.15) is 0 Å². The fraction of sp³-hybridized carbons (Fsp3) is 0.263. The summed E-state index contributed by atoms with van der Waals surface area (Å²) in [5.41, 5.74) is 3.18. The van der Waals surface area contributed by atoms with Gasteiger partial charge < -0.3 is 15.5 Å². The molecule has 2 aromatic rings. The van der Waals surface area contributed by atoms with Crippen LogP contribution in [0.1, 0.15) is 25.3 Å². The van der Waals surface area contributed by atoms with Crippen LogP contribution in [0.3, 0.4) is 0 Å². The van der Waals surface area contributed by atoms with Gasteiger partial charge >= 0.3 is 11.8 Å². The summed E-state index contributed by atoms with van der Waals surface area (Å²) in [6, 6.07) is 14.8. The van der Waals surface area contributed by atoms with Gasteiger partial charge in [-0.15, -0.1) is 0 Å². The lowest BCUT2D eigenvalue weighted by molar-refractivity contribution is -0.133. The first-order chi connectivity index (χ1) is 11.4. The predicted octanol–water partition coefficient (Wildman–Crippen LogP) is 3.45. The number of carbonyl (C=O) groups is 2. The van der Waals surface area contributed by atoms with Crippen molar-refractivity contribution in [3.8, 4) is 0 Å². The summed E-state index contributed by atoms with van der Waals surface area (Å²) in [5, 5.41) is 5.32. The number of benzene rings is 2. The fourth-order valence-electron chi connectivity index (χ4n) is 2.34. The Balaban J connectivity index is 2.08.